The highest BCUT2D eigenvalue weighted by Gasteiger charge is 2.17. The molecule has 1 fully saturated rings. The van der Waals surface area contributed by atoms with Gasteiger partial charge in [0, 0.05) is 12.6 Å². The summed E-state index contributed by atoms with van der Waals surface area (Å²) >= 11 is 0. The number of benzene rings is 1. The minimum absolute atomic E-state index is 0.710. The van der Waals surface area contributed by atoms with E-state index < -0.39 is 0 Å². The fourth-order valence-electron chi connectivity index (χ4n) is 2.98. The molecule has 0 spiro atoms. The van der Waals surface area contributed by atoms with Gasteiger partial charge in [0.2, 0.25) is 0 Å². The van der Waals surface area contributed by atoms with Gasteiger partial charge in [-0.25, -0.2) is 0 Å². The normalized spacial score (nSPS) is 17.4. The van der Waals surface area contributed by atoms with E-state index in [2.05, 4.69) is 47.5 Å². The number of piperidine rings is 1. The lowest BCUT2D eigenvalue weighted by molar-refractivity contribution is 0.194. The molecular formula is C18H30N2. The van der Waals surface area contributed by atoms with E-state index in [-0.39, 0.29) is 0 Å². The van der Waals surface area contributed by atoms with Crippen molar-refractivity contribution >= 4 is 0 Å². The van der Waals surface area contributed by atoms with Crippen molar-refractivity contribution < 1.29 is 0 Å². The van der Waals surface area contributed by atoms with Crippen molar-refractivity contribution in [1.82, 2.24) is 10.2 Å². The van der Waals surface area contributed by atoms with E-state index in [1.807, 2.05) is 0 Å². The summed E-state index contributed by atoms with van der Waals surface area (Å²) in [5, 5.41) is 3.71. The van der Waals surface area contributed by atoms with E-state index in [1.54, 1.807) is 0 Å². The Morgan fingerprint density at radius 2 is 1.80 bits per heavy atom. The monoisotopic (exact) mass is 274 g/mol. The van der Waals surface area contributed by atoms with E-state index >= 15 is 0 Å². The highest BCUT2D eigenvalue weighted by molar-refractivity contribution is 5.14. The average Bonchev–Trinajstić information content (AvgIpc) is 2.52. The number of rotatable bonds is 8. The number of hydrogen-bond acceptors (Lipinski definition) is 2. The minimum atomic E-state index is 0.710. The summed E-state index contributed by atoms with van der Waals surface area (Å²) in [6, 6.07) is 11.4. The zero-order valence-corrected chi connectivity index (χ0v) is 13.0. The number of likely N-dealkylation sites (tertiary alicyclic amines) is 1. The van der Waals surface area contributed by atoms with Gasteiger partial charge < -0.3 is 10.2 Å². The van der Waals surface area contributed by atoms with Crippen LogP contribution in [0.15, 0.2) is 30.3 Å². The molecule has 0 aliphatic carbocycles. The van der Waals surface area contributed by atoms with Gasteiger partial charge in [-0.1, -0.05) is 56.5 Å². The first-order chi connectivity index (χ1) is 9.88. The van der Waals surface area contributed by atoms with Gasteiger partial charge in [0.15, 0.2) is 0 Å². The van der Waals surface area contributed by atoms with Crippen LogP contribution in [0.5, 0.6) is 0 Å². The van der Waals surface area contributed by atoms with Crippen LogP contribution in [0.4, 0.5) is 0 Å². The van der Waals surface area contributed by atoms with Crippen molar-refractivity contribution in [2.75, 3.05) is 19.6 Å². The van der Waals surface area contributed by atoms with Crippen LogP contribution in [-0.2, 0) is 6.54 Å². The molecule has 0 amide bonds. The standard InChI is InChI=1S/C18H30N2/c1-2-3-4-8-13-20-14-11-18(12-15-20)19-16-17-9-6-5-7-10-17/h5-7,9-10,18-19H,2-4,8,11-16H2,1H3. The van der Waals surface area contributed by atoms with E-state index in [0.717, 1.165) is 6.54 Å². The number of nitrogens with one attached hydrogen (secondary N) is 1. The molecule has 112 valence electrons. The van der Waals surface area contributed by atoms with Gasteiger partial charge in [-0.05, 0) is 44.5 Å². The molecule has 0 aromatic heterocycles. The molecule has 2 nitrogen and oxygen atoms in total. The van der Waals surface area contributed by atoms with Crippen LogP contribution < -0.4 is 5.32 Å². The molecule has 1 heterocycles. The largest absolute Gasteiger partial charge is 0.310 e. The van der Waals surface area contributed by atoms with Gasteiger partial charge in [0.1, 0.15) is 0 Å². The molecule has 0 saturated carbocycles. The van der Waals surface area contributed by atoms with Crippen molar-refractivity contribution in [2.24, 2.45) is 0 Å². The topological polar surface area (TPSA) is 15.3 Å². The van der Waals surface area contributed by atoms with Crippen LogP contribution in [0.25, 0.3) is 0 Å². The second-order valence-electron chi connectivity index (χ2n) is 6.04. The molecule has 1 aliphatic rings. The third-order valence-electron chi connectivity index (χ3n) is 4.35. The lowest BCUT2D eigenvalue weighted by Gasteiger charge is -2.32. The van der Waals surface area contributed by atoms with Gasteiger partial charge in [0.05, 0.1) is 0 Å². The summed E-state index contributed by atoms with van der Waals surface area (Å²) in [4.78, 5) is 2.65. The number of hydrogen-bond donors (Lipinski definition) is 1. The lowest BCUT2D eigenvalue weighted by atomic mass is 10.0. The Balaban J connectivity index is 1.57. The molecule has 20 heavy (non-hydrogen) atoms. The predicted octanol–water partition coefficient (Wildman–Crippen LogP) is 3.82. The zero-order valence-electron chi connectivity index (χ0n) is 13.0. The van der Waals surface area contributed by atoms with Crippen molar-refractivity contribution in [2.45, 2.75) is 58.0 Å². The average molecular weight is 274 g/mol. The van der Waals surface area contributed by atoms with Crippen molar-refractivity contribution in [3.63, 3.8) is 0 Å². The summed E-state index contributed by atoms with van der Waals surface area (Å²) in [5.41, 5.74) is 1.40. The van der Waals surface area contributed by atoms with Gasteiger partial charge in [0.25, 0.3) is 0 Å². The predicted molar refractivity (Wildman–Crippen MR) is 86.9 cm³/mol. The quantitative estimate of drug-likeness (QED) is 0.725. The van der Waals surface area contributed by atoms with Crippen LogP contribution in [0.1, 0.15) is 51.0 Å². The molecule has 1 aromatic rings. The van der Waals surface area contributed by atoms with Crippen LogP contribution >= 0.6 is 0 Å². The molecule has 0 atom stereocenters. The highest BCUT2D eigenvalue weighted by Crippen LogP contribution is 2.12. The maximum atomic E-state index is 3.71. The van der Waals surface area contributed by atoms with Gasteiger partial charge in [-0.15, -0.1) is 0 Å². The minimum Gasteiger partial charge on any atom is -0.310 e. The zero-order chi connectivity index (χ0) is 14.0. The molecular weight excluding hydrogens is 244 g/mol. The molecule has 2 rings (SSSR count). The van der Waals surface area contributed by atoms with Crippen LogP contribution in [0.3, 0.4) is 0 Å². The van der Waals surface area contributed by atoms with E-state index in [9.17, 15) is 0 Å². The first-order valence-electron chi connectivity index (χ1n) is 8.38. The maximum absolute atomic E-state index is 3.71. The molecule has 0 unspecified atom stereocenters. The smallest absolute Gasteiger partial charge is 0.0208 e. The second kappa shape index (κ2) is 9.15. The summed E-state index contributed by atoms with van der Waals surface area (Å²) < 4.78 is 0. The Kier molecular flexibility index (Phi) is 7.10. The molecule has 0 radical (unpaired) electrons. The van der Waals surface area contributed by atoms with E-state index in [4.69, 9.17) is 0 Å². The van der Waals surface area contributed by atoms with E-state index in [1.165, 1.54) is 63.7 Å². The van der Waals surface area contributed by atoms with Crippen LogP contribution in [0, 0.1) is 0 Å². The van der Waals surface area contributed by atoms with Gasteiger partial charge in [-0.3, -0.25) is 0 Å². The molecule has 1 aliphatic heterocycles. The van der Waals surface area contributed by atoms with Crippen molar-refractivity contribution in [3.05, 3.63) is 35.9 Å². The number of nitrogens with zero attached hydrogens (tertiary/aromatic N) is 1. The van der Waals surface area contributed by atoms with E-state index in [0.29, 0.717) is 6.04 Å². The second-order valence-corrected chi connectivity index (χ2v) is 6.04. The molecule has 2 heteroatoms. The summed E-state index contributed by atoms with van der Waals surface area (Å²) in [7, 11) is 0. The van der Waals surface area contributed by atoms with Crippen molar-refractivity contribution in [3.8, 4) is 0 Å². The fourth-order valence-corrected chi connectivity index (χ4v) is 2.98. The van der Waals surface area contributed by atoms with Gasteiger partial charge in [-0.2, -0.15) is 0 Å². The third-order valence-corrected chi connectivity index (χ3v) is 4.35. The maximum Gasteiger partial charge on any atom is 0.0208 e. The first-order valence-corrected chi connectivity index (χ1v) is 8.38. The summed E-state index contributed by atoms with van der Waals surface area (Å²) in [6.45, 7) is 7.16. The van der Waals surface area contributed by atoms with Gasteiger partial charge >= 0.3 is 0 Å². The lowest BCUT2D eigenvalue weighted by Crippen LogP contribution is -2.42. The third kappa shape index (κ3) is 5.64. The molecule has 1 aromatic carbocycles. The number of unbranched alkanes of at least 4 members (excludes halogenated alkanes) is 3. The van der Waals surface area contributed by atoms with Crippen molar-refractivity contribution in [1.29, 1.82) is 0 Å². The molecule has 1 saturated heterocycles. The molecule has 1 N–H and O–H groups in total. The Hall–Kier alpha value is -0.860. The molecule has 0 bridgehead atoms. The van der Waals surface area contributed by atoms with Crippen LogP contribution in [0.2, 0.25) is 0 Å². The Morgan fingerprint density at radius 1 is 1.05 bits per heavy atom. The Bertz CT molecular complexity index is 342. The Labute approximate surface area is 124 Å². The highest BCUT2D eigenvalue weighted by atomic mass is 15.1. The fraction of sp³-hybridized carbons (Fsp3) is 0.667. The SMILES string of the molecule is CCCCCCN1CCC(NCc2ccccc2)CC1. The first kappa shape index (κ1) is 15.5. The summed E-state index contributed by atoms with van der Waals surface area (Å²) in [6.07, 6.45) is 8.14. The van der Waals surface area contributed by atoms with Crippen LogP contribution in [-0.4, -0.2) is 30.6 Å². The summed E-state index contributed by atoms with van der Waals surface area (Å²) in [5.74, 6) is 0. The Morgan fingerprint density at radius 3 is 2.50 bits per heavy atom.